The first-order valence-corrected chi connectivity index (χ1v) is 8.48. The van der Waals surface area contributed by atoms with Gasteiger partial charge in [-0.1, -0.05) is 0 Å². The molecule has 24 heavy (non-hydrogen) atoms. The number of aliphatic hydroxyl groups excluding tert-OH is 1. The first-order valence-electron chi connectivity index (χ1n) is 8.48. The number of nitrogens with zero attached hydrogens (tertiary/aromatic N) is 3. The van der Waals surface area contributed by atoms with Gasteiger partial charge in [-0.25, -0.2) is 9.97 Å². The van der Waals surface area contributed by atoms with Crippen LogP contribution in [0.15, 0.2) is 12.4 Å². The van der Waals surface area contributed by atoms with Gasteiger partial charge in [-0.05, 0) is 34.1 Å². The van der Waals surface area contributed by atoms with E-state index in [-0.39, 0.29) is 23.9 Å². The first-order chi connectivity index (χ1) is 11.3. The lowest BCUT2D eigenvalue weighted by molar-refractivity contribution is 0.00578. The first kappa shape index (κ1) is 17.6. The van der Waals surface area contributed by atoms with Crippen LogP contribution in [0.1, 0.15) is 34.1 Å². The van der Waals surface area contributed by atoms with E-state index < -0.39 is 7.12 Å². The highest BCUT2D eigenvalue weighted by molar-refractivity contribution is 6.61. The van der Waals surface area contributed by atoms with Crippen LogP contribution in [0, 0.1) is 0 Å². The lowest BCUT2D eigenvalue weighted by Crippen LogP contribution is -2.41. The number of β-amino-alcohol motifs (C(OH)–C–C–N with tert-alkyl or cyclic N) is 1. The Balaban J connectivity index is 1.59. The number of hydrogen-bond donors (Lipinski definition) is 1. The quantitative estimate of drug-likeness (QED) is 0.772. The summed E-state index contributed by atoms with van der Waals surface area (Å²) in [5.74, 6) is 0. The summed E-state index contributed by atoms with van der Waals surface area (Å²) >= 11 is 0. The molecule has 0 aromatic carbocycles. The van der Waals surface area contributed by atoms with Crippen molar-refractivity contribution in [3.05, 3.63) is 12.4 Å². The van der Waals surface area contributed by atoms with E-state index in [1.807, 2.05) is 27.7 Å². The number of ether oxygens (including phenoxy) is 1. The lowest BCUT2D eigenvalue weighted by Gasteiger charge is -2.32. The molecule has 0 amide bonds. The molecule has 2 aliphatic rings. The van der Waals surface area contributed by atoms with Gasteiger partial charge in [-0.15, -0.1) is 0 Å². The smallest absolute Gasteiger partial charge is 0.459 e. The highest BCUT2D eigenvalue weighted by Gasteiger charge is 2.52. The minimum absolute atomic E-state index is 0.0687. The maximum atomic E-state index is 8.98. The van der Waals surface area contributed by atoms with Gasteiger partial charge in [0.1, 0.15) is 6.10 Å². The van der Waals surface area contributed by atoms with Gasteiger partial charge < -0.3 is 19.2 Å². The van der Waals surface area contributed by atoms with Crippen LogP contribution < -0.4 is 10.2 Å². The van der Waals surface area contributed by atoms with Crippen LogP contribution in [0.4, 0.5) is 0 Å². The summed E-state index contributed by atoms with van der Waals surface area (Å²) in [5, 5.41) is 8.98. The topological polar surface area (TPSA) is 76.9 Å². The van der Waals surface area contributed by atoms with E-state index in [1.54, 1.807) is 12.4 Å². The van der Waals surface area contributed by atoms with E-state index in [2.05, 4.69) is 14.9 Å². The van der Waals surface area contributed by atoms with Gasteiger partial charge in [-0.2, -0.15) is 0 Å². The van der Waals surface area contributed by atoms with E-state index in [9.17, 15) is 0 Å². The molecule has 1 aromatic heterocycles. The minimum atomic E-state index is -0.462. The van der Waals surface area contributed by atoms with Gasteiger partial charge in [0.25, 0.3) is 0 Å². The van der Waals surface area contributed by atoms with Gasteiger partial charge >= 0.3 is 13.1 Å². The summed E-state index contributed by atoms with van der Waals surface area (Å²) in [5.41, 5.74) is 0.0222. The molecular weight excluding hydrogens is 309 g/mol. The van der Waals surface area contributed by atoms with E-state index in [0.717, 1.165) is 25.0 Å². The molecule has 2 aliphatic heterocycles. The van der Waals surface area contributed by atoms with Crippen LogP contribution in [-0.2, 0) is 9.31 Å². The summed E-state index contributed by atoms with van der Waals surface area (Å²) in [4.78, 5) is 10.8. The van der Waals surface area contributed by atoms with Crippen molar-refractivity contribution in [3.63, 3.8) is 0 Å². The Morgan fingerprint density at radius 2 is 1.88 bits per heavy atom. The molecule has 1 unspecified atom stereocenters. The molecule has 1 aromatic rings. The van der Waals surface area contributed by atoms with E-state index in [4.69, 9.17) is 19.2 Å². The lowest BCUT2D eigenvalue weighted by atomic mass is 9.81. The standard InChI is InChI=1S/C16H26BN3O4/c1-15(2)16(3,4)24-17(23-15)12-9-18-14(19-10-12)22-13-5-6-20(11-13)7-8-21/h9-10,13,21H,5-8,11H2,1-4H3. The Hall–Kier alpha value is -1.22. The van der Waals surface area contributed by atoms with Crippen molar-refractivity contribution in [1.29, 1.82) is 0 Å². The second-order valence-electron chi connectivity index (χ2n) is 7.44. The van der Waals surface area contributed by atoms with Crippen LogP contribution in [-0.4, -0.2) is 70.6 Å². The Morgan fingerprint density at radius 1 is 1.25 bits per heavy atom. The van der Waals surface area contributed by atoms with Crippen molar-refractivity contribution in [2.75, 3.05) is 26.2 Å². The van der Waals surface area contributed by atoms with Crippen molar-refractivity contribution in [1.82, 2.24) is 14.9 Å². The van der Waals surface area contributed by atoms with Crippen molar-refractivity contribution in [2.45, 2.75) is 51.4 Å². The van der Waals surface area contributed by atoms with Gasteiger partial charge in [0.2, 0.25) is 0 Å². The van der Waals surface area contributed by atoms with Gasteiger partial charge in [0.05, 0.1) is 17.8 Å². The van der Waals surface area contributed by atoms with Crippen molar-refractivity contribution < 1.29 is 19.2 Å². The summed E-state index contributed by atoms with van der Waals surface area (Å²) in [6.45, 7) is 10.6. The molecule has 2 fully saturated rings. The predicted octanol–water partition coefficient (Wildman–Crippen LogP) is 0.221. The number of likely N-dealkylation sites (tertiary alicyclic amines) is 1. The third-order valence-corrected chi connectivity index (χ3v) is 5.09. The van der Waals surface area contributed by atoms with Crippen LogP contribution >= 0.6 is 0 Å². The fourth-order valence-corrected chi connectivity index (χ4v) is 2.87. The fraction of sp³-hybridized carbons (Fsp3) is 0.750. The maximum absolute atomic E-state index is 8.98. The number of rotatable bonds is 5. The molecule has 0 aliphatic carbocycles. The molecule has 0 bridgehead atoms. The Labute approximate surface area is 143 Å². The summed E-state index contributed by atoms with van der Waals surface area (Å²) in [6, 6.07) is 0.367. The summed E-state index contributed by atoms with van der Waals surface area (Å²) in [7, 11) is -0.462. The van der Waals surface area contributed by atoms with Crippen molar-refractivity contribution in [2.24, 2.45) is 0 Å². The summed E-state index contributed by atoms with van der Waals surface area (Å²) in [6.07, 6.45) is 4.39. The molecule has 132 valence electrons. The molecule has 1 N–H and O–H groups in total. The monoisotopic (exact) mass is 335 g/mol. The molecule has 0 spiro atoms. The maximum Gasteiger partial charge on any atom is 0.498 e. The fourth-order valence-electron chi connectivity index (χ4n) is 2.87. The Bertz CT molecular complexity index is 551. The molecule has 7 nitrogen and oxygen atoms in total. The van der Waals surface area contributed by atoms with Crippen LogP contribution in [0.25, 0.3) is 0 Å². The highest BCUT2D eigenvalue weighted by Crippen LogP contribution is 2.36. The summed E-state index contributed by atoms with van der Waals surface area (Å²) < 4.78 is 17.8. The Morgan fingerprint density at radius 3 is 2.46 bits per heavy atom. The molecule has 1 atom stereocenters. The predicted molar refractivity (Wildman–Crippen MR) is 90.3 cm³/mol. The molecule has 3 heterocycles. The van der Waals surface area contributed by atoms with Crippen LogP contribution in [0.5, 0.6) is 6.01 Å². The van der Waals surface area contributed by atoms with Gasteiger partial charge in [0.15, 0.2) is 0 Å². The van der Waals surface area contributed by atoms with E-state index in [0.29, 0.717) is 12.6 Å². The van der Waals surface area contributed by atoms with E-state index in [1.165, 1.54) is 0 Å². The number of aliphatic hydroxyl groups is 1. The van der Waals surface area contributed by atoms with E-state index >= 15 is 0 Å². The zero-order valence-corrected chi connectivity index (χ0v) is 14.9. The number of aromatic nitrogens is 2. The molecule has 3 rings (SSSR count). The second-order valence-corrected chi connectivity index (χ2v) is 7.44. The minimum Gasteiger partial charge on any atom is -0.459 e. The zero-order chi connectivity index (χ0) is 17.4. The third kappa shape index (κ3) is 3.56. The third-order valence-electron chi connectivity index (χ3n) is 5.09. The van der Waals surface area contributed by atoms with Gasteiger partial charge in [0, 0.05) is 37.5 Å². The average molecular weight is 335 g/mol. The van der Waals surface area contributed by atoms with Crippen molar-refractivity contribution in [3.8, 4) is 6.01 Å². The zero-order valence-electron chi connectivity index (χ0n) is 14.9. The normalized spacial score (nSPS) is 26.0. The van der Waals surface area contributed by atoms with Crippen molar-refractivity contribution >= 4 is 12.6 Å². The molecule has 0 radical (unpaired) electrons. The molecule has 2 saturated heterocycles. The molecule has 0 saturated carbocycles. The van der Waals surface area contributed by atoms with Crippen LogP contribution in [0.2, 0.25) is 0 Å². The Kier molecular flexibility index (Phi) is 4.83. The van der Waals surface area contributed by atoms with Gasteiger partial charge in [-0.3, -0.25) is 4.90 Å². The second kappa shape index (κ2) is 6.59. The molecular formula is C16H26BN3O4. The average Bonchev–Trinajstić information content (AvgIpc) is 3.02. The SMILES string of the molecule is CC1(C)OB(c2cnc(OC3CCN(CCO)C3)nc2)OC1(C)C. The highest BCUT2D eigenvalue weighted by atomic mass is 16.7. The molecule has 8 heteroatoms. The van der Waals surface area contributed by atoms with Crippen LogP contribution in [0.3, 0.4) is 0 Å². The largest absolute Gasteiger partial charge is 0.498 e. The number of hydrogen-bond acceptors (Lipinski definition) is 7.